The minimum absolute atomic E-state index is 0.142. The smallest absolute Gasteiger partial charge is 0.344 e. The Morgan fingerprint density at radius 2 is 1.73 bits per heavy atom. The number of methoxy groups -OCH3 is 1. The van der Waals surface area contributed by atoms with Gasteiger partial charge >= 0.3 is 12.0 Å². The number of hydrazine groups is 1. The van der Waals surface area contributed by atoms with Crippen LogP contribution in [0.3, 0.4) is 0 Å². The van der Waals surface area contributed by atoms with Gasteiger partial charge in [-0.3, -0.25) is 15.0 Å². The molecule has 156 valence electrons. The van der Waals surface area contributed by atoms with Crippen LogP contribution < -0.4 is 15.5 Å². The lowest BCUT2D eigenvalue weighted by molar-refractivity contribution is -0.140. The van der Waals surface area contributed by atoms with Crippen molar-refractivity contribution >= 4 is 23.8 Å². The molecule has 4 amide bonds. The predicted molar refractivity (Wildman–Crippen MR) is 105 cm³/mol. The number of benzene rings is 2. The first kappa shape index (κ1) is 20.8. The normalized spacial score (nSPS) is 18.0. The fraction of sp³-hybridized carbons (Fsp3) is 0.238. The minimum Gasteiger partial charge on any atom is -0.483 e. The summed E-state index contributed by atoms with van der Waals surface area (Å²) in [5.74, 6) is -1.80. The quantitative estimate of drug-likeness (QED) is 0.530. The Morgan fingerprint density at radius 3 is 2.40 bits per heavy atom. The van der Waals surface area contributed by atoms with Crippen LogP contribution in [0.1, 0.15) is 29.3 Å². The molecule has 1 heterocycles. The van der Waals surface area contributed by atoms with Crippen LogP contribution in [0.5, 0.6) is 5.75 Å². The third-order valence-corrected chi connectivity index (χ3v) is 4.78. The number of amides is 4. The standard InChI is InChI=1S/C21H21N3O6/c1-3-21(14-9-5-4-6-10-14)19(27)24(20(28)22-21)23-17(25)13-30-16-12-8-7-11-15(16)18(26)29-2/h4-12H,3,13H2,1-2H3,(H,22,28)(H,23,25)/t21-/m0/s1. The van der Waals surface area contributed by atoms with E-state index in [9.17, 15) is 19.2 Å². The second-order valence-electron chi connectivity index (χ2n) is 6.51. The summed E-state index contributed by atoms with van der Waals surface area (Å²) in [5, 5.41) is 3.31. The van der Waals surface area contributed by atoms with Crippen LogP contribution in [0.15, 0.2) is 54.6 Å². The largest absolute Gasteiger partial charge is 0.483 e. The highest BCUT2D eigenvalue weighted by Crippen LogP contribution is 2.31. The molecule has 2 aromatic carbocycles. The molecule has 1 aliphatic rings. The molecule has 0 bridgehead atoms. The number of rotatable bonds is 7. The molecule has 0 saturated carbocycles. The molecule has 0 unspecified atom stereocenters. The Hall–Kier alpha value is -3.88. The highest BCUT2D eigenvalue weighted by atomic mass is 16.5. The van der Waals surface area contributed by atoms with E-state index in [1.807, 2.05) is 0 Å². The average Bonchev–Trinajstić information content (AvgIpc) is 3.03. The van der Waals surface area contributed by atoms with E-state index in [1.165, 1.54) is 19.2 Å². The predicted octanol–water partition coefficient (Wildman–Crippen LogP) is 1.74. The number of nitrogens with one attached hydrogen (secondary N) is 2. The highest BCUT2D eigenvalue weighted by molar-refractivity contribution is 6.08. The van der Waals surface area contributed by atoms with E-state index in [0.717, 1.165) is 0 Å². The van der Waals surface area contributed by atoms with E-state index in [1.54, 1.807) is 49.4 Å². The van der Waals surface area contributed by atoms with Crippen molar-refractivity contribution in [1.29, 1.82) is 0 Å². The fourth-order valence-electron chi connectivity index (χ4n) is 3.21. The minimum atomic E-state index is -1.26. The van der Waals surface area contributed by atoms with Crippen molar-refractivity contribution in [3.63, 3.8) is 0 Å². The Morgan fingerprint density at radius 1 is 1.07 bits per heavy atom. The van der Waals surface area contributed by atoms with Crippen molar-refractivity contribution in [3.8, 4) is 5.75 Å². The number of hydrogen-bond acceptors (Lipinski definition) is 6. The zero-order chi connectivity index (χ0) is 21.7. The summed E-state index contributed by atoms with van der Waals surface area (Å²) in [4.78, 5) is 49.5. The molecule has 30 heavy (non-hydrogen) atoms. The molecule has 1 saturated heterocycles. The summed E-state index contributed by atoms with van der Waals surface area (Å²) in [7, 11) is 1.23. The fourth-order valence-corrected chi connectivity index (χ4v) is 3.21. The van der Waals surface area contributed by atoms with Crippen molar-refractivity contribution in [1.82, 2.24) is 15.8 Å². The molecule has 9 nitrogen and oxygen atoms in total. The third kappa shape index (κ3) is 3.82. The Bertz CT molecular complexity index is 978. The molecule has 0 radical (unpaired) electrons. The molecule has 0 aromatic heterocycles. The summed E-state index contributed by atoms with van der Waals surface area (Å²) in [6.07, 6.45) is 0.303. The Labute approximate surface area is 172 Å². The van der Waals surface area contributed by atoms with Crippen LogP contribution in [-0.4, -0.2) is 42.5 Å². The second kappa shape index (κ2) is 8.64. The lowest BCUT2D eigenvalue weighted by atomic mass is 9.87. The van der Waals surface area contributed by atoms with Gasteiger partial charge in [-0.05, 0) is 24.1 Å². The van der Waals surface area contributed by atoms with Gasteiger partial charge in [0.05, 0.1) is 7.11 Å². The van der Waals surface area contributed by atoms with E-state index in [2.05, 4.69) is 15.5 Å². The maximum atomic E-state index is 13.0. The number of imide groups is 1. The van der Waals surface area contributed by atoms with E-state index >= 15 is 0 Å². The van der Waals surface area contributed by atoms with E-state index in [-0.39, 0.29) is 11.3 Å². The molecule has 9 heteroatoms. The van der Waals surface area contributed by atoms with Gasteiger partial charge in [-0.2, -0.15) is 5.01 Å². The lowest BCUT2D eigenvalue weighted by Gasteiger charge is -2.25. The highest BCUT2D eigenvalue weighted by Gasteiger charge is 2.52. The summed E-state index contributed by atoms with van der Waals surface area (Å²) in [6, 6.07) is 14.3. The van der Waals surface area contributed by atoms with Gasteiger partial charge in [-0.15, -0.1) is 0 Å². The summed E-state index contributed by atoms with van der Waals surface area (Å²) in [5.41, 5.74) is 1.77. The molecular weight excluding hydrogens is 390 g/mol. The van der Waals surface area contributed by atoms with Crippen molar-refractivity contribution in [2.24, 2.45) is 0 Å². The van der Waals surface area contributed by atoms with E-state index in [4.69, 9.17) is 4.74 Å². The number of para-hydroxylation sites is 1. The van der Waals surface area contributed by atoms with E-state index in [0.29, 0.717) is 17.0 Å². The molecule has 1 atom stereocenters. The topological polar surface area (TPSA) is 114 Å². The first-order valence-electron chi connectivity index (χ1n) is 9.24. The number of hydrogen-bond donors (Lipinski definition) is 2. The van der Waals surface area contributed by atoms with Gasteiger partial charge in [-0.25, -0.2) is 9.59 Å². The summed E-state index contributed by atoms with van der Waals surface area (Å²) in [6.45, 7) is 1.25. The van der Waals surface area contributed by atoms with Crippen molar-refractivity contribution < 1.29 is 28.7 Å². The molecular formula is C21H21N3O6. The number of esters is 1. The number of nitrogens with zero attached hydrogens (tertiary/aromatic N) is 1. The molecule has 3 rings (SSSR count). The van der Waals surface area contributed by atoms with Crippen LogP contribution in [-0.2, 0) is 19.9 Å². The summed E-state index contributed by atoms with van der Waals surface area (Å²) < 4.78 is 10.1. The van der Waals surface area contributed by atoms with Crippen molar-refractivity contribution in [2.45, 2.75) is 18.9 Å². The van der Waals surface area contributed by atoms with Gasteiger partial charge in [-0.1, -0.05) is 49.4 Å². The lowest BCUT2D eigenvalue weighted by Crippen LogP contribution is -2.49. The van der Waals surface area contributed by atoms with Gasteiger partial charge in [0.25, 0.3) is 11.8 Å². The van der Waals surface area contributed by atoms with Crippen LogP contribution in [0.4, 0.5) is 4.79 Å². The van der Waals surface area contributed by atoms with Gasteiger partial charge in [0.1, 0.15) is 16.9 Å². The molecule has 1 aliphatic heterocycles. The number of urea groups is 1. The van der Waals surface area contributed by atoms with Crippen LogP contribution in [0.25, 0.3) is 0 Å². The van der Waals surface area contributed by atoms with Crippen LogP contribution in [0, 0.1) is 0 Å². The monoisotopic (exact) mass is 411 g/mol. The maximum Gasteiger partial charge on any atom is 0.344 e. The second-order valence-corrected chi connectivity index (χ2v) is 6.51. The maximum absolute atomic E-state index is 13.0. The van der Waals surface area contributed by atoms with Crippen molar-refractivity contribution in [2.75, 3.05) is 13.7 Å². The molecule has 1 fully saturated rings. The molecule has 0 aliphatic carbocycles. The van der Waals surface area contributed by atoms with Crippen molar-refractivity contribution in [3.05, 3.63) is 65.7 Å². The van der Waals surface area contributed by atoms with Gasteiger partial charge in [0, 0.05) is 0 Å². The first-order chi connectivity index (χ1) is 14.4. The zero-order valence-electron chi connectivity index (χ0n) is 16.5. The zero-order valence-corrected chi connectivity index (χ0v) is 16.5. The Balaban J connectivity index is 1.70. The SMILES string of the molecule is CC[C@@]1(c2ccccc2)NC(=O)N(NC(=O)COc2ccccc2C(=O)OC)C1=O. The molecule has 2 N–H and O–H groups in total. The van der Waals surface area contributed by atoms with Gasteiger partial charge in [0.15, 0.2) is 6.61 Å². The average molecular weight is 411 g/mol. The molecule has 0 spiro atoms. The van der Waals surface area contributed by atoms with E-state index < -0.39 is 36.0 Å². The first-order valence-corrected chi connectivity index (χ1v) is 9.24. The van der Waals surface area contributed by atoms with Crippen LogP contribution in [0.2, 0.25) is 0 Å². The van der Waals surface area contributed by atoms with Gasteiger partial charge < -0.3 is 14.8 Å². The van der Waals surface area contributed by atoms with Crippen LogP contribution >= 0.6 is 0 Å². The molecule has 2 aromatic rings. The number of carbonyl (C=O) groups is 4. The number of ether oxygens (including phenoxy) is 2. The summed E-state index contributed by atoms with van der Waals surface area (Å²) >= 11 is 0. The van der Waals surface area contributed by atoms with Gasteiger partial charge in [0.2, 0.25) is 0 Å². The third-order valence-electron chi connectivity index (χ3n) is 4.78. The number of carbonyl (C=O) groups excluding carboxylic acids is 4. The Kier molecular flexibility index (Phi) is 6.01.